The lowest BCUT2D eigenvalue weighted by molar-refractivity contribution is -0.117. The van der Waals surface area contributed by atoms with Crippen LogP contribution in [0.3, 0.4) is 0 Å². The Morgan fingerprint density at radius 3 is 2.57 bits per heavy atom. The van der Waals surface area contributed by atoms with E-state index in [1.165, 1.54) is 16.9 Å². The van der Waals surface area contributed by atoms with E-state index in [1.54, 1.807) is 19.1 Å². The first kappa shape index (κ1) is 20.0. The van der Waals surface area contributed by atoms with Crippen LogP contribution in [0.25, 0.3) is 10.2 Å². The van der Waals surface area contributed by atoms with Crippen LogP contribution >= 0.6 is 11.3 Å². The molecule has 1 amide bonds. The van der Waals surface area contributed by atoms with Gasteiger partial charge in [0.1, 0.15) is 0 Å². The van der Waals surface area contributed by atoms with E-state index in [0.717, 1.165) is 21.3 Å². The van der Waals surface area contributed by atoms with Crippen LogP contribution in [0.4, 0.5) is 0 Å². The molecule has 0 fully saturated rings. The van der Waals surface area contributed by atoms with Gasteiger partial charge in [-0.25, -0.2) is 4.79 Å². The van der Waals surface area contributed by atoms with Crippen LogP contribution in [0.15, 0.2) is 41.4 Å². The Bertz CT molecular complexity index is 1110. The molecular formula is C22H24N2O3S. The van der Waals surface area contributed by atoms with Crippen molar-refractivity contribution in [2.45, 2.75) is 40.7 Å². The first-order chi connectivity index (χ1) is 13.4. The molecule has 1 aromatic heterocycles. The minimum absolute atomic E-state index is 0.175. The summed E-state index contributed by atoms with van der Waals surface area (Å²) in [4.78, 5) is 29.6. The first-order valence-corrected chi connectivity index (χ1v) is 10.2. The van der Waals surface area contributed by atoms with Crippen molar-refractivity contribution in [3.8, 4) is 0 Å². The number of nitrogens with zero attached hydrogens (tertiary/aromatic N) is 2. The van der Waals surface area contributed by atoms with Gasteiger partial charge in [0.25, 0.3) is 5.91 Å². The second-order valence-corrected chi connectivity index (χ2v) is 7.65. The molecule has 0 unspecified atom stereocenters. The van der Waals surface area contributed by atoms with Gasteiger partial charge in [0, 0.05) is 6.54 Å². The monoisotopic (exact) mass is 396 g/mol. The Morgan fingerprint density at radius 2 is 1.89 bits per heavy atom. The number of benzene rings is 2. The molecule has 28 heavy (non-hydrogen) atoms. The second kappa shape index (κ2) is 8.52. The lowest BCUT2D eigenvalue weighted by Gasteiger charge is -2.04. The quantitative estimate of drug-likeness (QED) is 0.608. The molecule has 3 rings (SSSR count). The largest absolute Gasteiger partial charge is 0.462 e. The molecule has 2 aromatic carbocycles. The number of esters is 1. The summed E-state index contributed by atoms with van der Waals surface area (Å²) in [6.45, 7) is 8.87. The fourth-order valence-corrected chi connectivity index (χ4v) is 4.31. The van der Waals surface area contributed by atoms with Crippen LogP contribution in [0, 0.1) is 13.8 Å². The summed E-state index contributed by atoms with van der Waals surface area (Å²) in [6, 6.07) is 11.5. The van der Waals surface area contributed by atoms with Gasteiger partial charge in [-0.05, 0) is 57.0 Å². The maximum Gasteiger partial charge on any atom is 0.338 e. The number of thiazole rings is 1. The fourth-order valence-electron chi connectivity index (χ4n) is 3.16. The van der Waals surface area contributed by atoms with E-state index in [0.29, 0.717) is 23.5 Å². The van der Waals surface area contributed by atoms with Crippen molar-refractivity contribution in [2.24, 2.45) is 4.99 Å². The SMILES string of the molecule is CCOC(=O)c1ccc2c(c1)sc(=NC(=O)Cc1ccc(C)cc1C)n2CC. The number of aryl methyl sites for hydroxylation is 3. The van der Waals surface area contributed by atoms with Crippen molar-refractivity contribution in [1.29, 1.82) is 0 Å². The molecule has 0 atom stereocenters. The number of amides is 1. The van der Waals surface area contributed by atoms with Gasteiger partial charge in [0.05, 0.1) is 28.8 Å². The van der Waals surface area contributed by atoms with Crippen molar-refractivity contribution in [2.75, 3.05) is 6.61 Å². The van der Waals surface area contributed by atoms with Gasteiger partial charge in [0.2, 0.25) is 0 Å². The summed E-state index contributed by atoms with van der Waals surface area (Å²) in [7, 11) is 0. The molecule has 0 radical (unpaired) electrons. The molecule has 0 aliphatic carbocycles. The number of carbonyl (C=O) groups is 2. The molecule has 146 valence electrons. The summed E-state index contributed by atoms with van der Waals surface area (Å²) < 4.78 is 7.97. The van der Waals surface area contributed by atoms with E-state index in [9.17, 15) is 9.59 Å². The third kappa shape index (κ3) is 4.22. The number of aromatic nitrogens is 1. The summed E-state index contributed by atoms with van der Waals surface area (Å²) in [5.41, 5.74) is 4.73. The van der Waals surface area contributed by atoms with Crippen molar-refractivity contribution in [1.82, 2.24) is 4.57 Å². The topological polar surface area (TPSA) is 60.7 Å². The Kier molecular flexibility index (Phi) is 6.09. The Hall–Kier alpha value is -2.73. The standard InChI is InChI=1S/C22H24N2O3S/c1-5-24-18-10-9-17(21(26)27-6-2)12-19(18)28-22(24)23-20(25)13-16-8-7-14(3)11-15(16)4/h7-12H,5-6,13H2,1-4H3. The van der Waals surface area contributed by atoms with Crippen LogP contribution in [0.2, 0.25) is 0 Å². The fraction of sp³-hybridized carbons (Fsp3) is 0.318. The van der Waals surface area contributed by atoms with Crippen LogP contribution in [-0.4, -0.2) is 23.1 Å². The van der Waals surface area contributed by atoms with Gasteiger partial charge < -0.3 is 9.30 Å². The predicted molar refractivity (Wildman–Crippen MR) is 112 cm³/mol. The van der Waals surface area contributed by atoms with E-state index in [-0.39, 0.29) is 18.3 Å². The van der Waals surface area contributed by atoms with E-state index in [4.69, 9.17) is 4.74 Å². The average molecular weight is 397 g/mol. The van der Waals surface area contributed by atoms with Gasteiger partial charge in [-0.2, -0.15) is 4.99 Å². The van der Waals surface area contributed by atoms with Crippen molar-refractivity contribution >= 4 is 33.4 Å². The van der Waals surface area contributed by atoms with Gasteiger partial charge in [-0.3, -0.25) is 4.79 Å². The molecule has 0 saturated heterocycles. The van der Waals surface area contributed by atoms with Crippen LogP contribution in [0.1, 0.15) is 40.9 Å². The molecule has 0 N–H and O–H groups in total. The summed E-state index contributed by atoms with van der Waals surface area (Å²) in [6.07, 6.45) is 0.276. The lowest BCUT2D eigenvalue weighted by Crippen LogP contribution is -2.16. The minimum Gasteiger partial charge on any atom is -0.462 e. The van der Waals surface area contributed by atoms with E-state index >= 15 is 0 Å². The Labute approximate surface area is 168 Å². The third-order valence-electron chi connectivity index (χ3n) is 4.57. The minimum atomic E-state index is -0.342. The molecule has 0 spiro atoms. The van der Waals surface area contributed by atoms with Crippen molar-refractivity contribution < 1.29 is 14.3 Å². The summed E-state index contributed by atoms with van der Waals surface area (Å²) >= 11 is 1.41. The van der Waals surface area contributed by atoms with Crippen LogP contribution < -0.4 is 4.80 Å². The van der Waals surface area contributed by atoms with Crippen molar-refractivity contribution in [3.05, 3.63) is 63.5 Å². The highest BCUT2D eigenvalue weighted by molar-refractivity contribution is 7.16. The molecular weight excluding hydrogens is 372 g/mol. The zero-order chi connectivity index (χ0) is 20.3. The summed E-state index contributed by atoms with van der Waals surface area (Å²) in [5.74, 6) is -0.517. The normalized spacial score (nSPS) is 11.8. The smallest absolute Gasteiger partial charge is 0.338 e. The number of hydrogen-bond donors (Lipinski definition) is 0. The number of carbonyl (C=O) groups excluding carboxylic acids is 2. The van der Waals surface area contributed by atoms with Gasteiger partial charge >= 0.3 is 5.97 Å². The lowest BCUT2D eigenvalue weighted by atomic mass is 10.0. The van der Waals surface area contributed by atoms with E-state index < -0.39 is 0 Å². The number of ether oxygens (including phenoxy) is 1. The van der Waals surface area contributed by atoms with Gasteiger partial charge in [-0.1, -0.05) is 35.1 Å². The first-order valence-electron chi connectivity index (χ1n) is 9.37. The highest BCUT2D eigenvalue weighted by Crippen LogP contribution is 2.20. The van der Waals surface area contributed by atoms with E-state index in [1.807, 2.05) is 43.5 Å². The molecule has 0 aliphatic rings. The molecule has 1 heterocycles. The Morgan fingerprint density at radius 1 is 1.11 bits per heavy atom. The molecule has 6 heteroatoms. The van der Waals surface area contributed by atoms with Gasteiger partial charge in [-0.15, -0.1) is 0 Å². The summed E-state index contributed by atoms with van der Waals surface area (Å²) in [5, 5.41) is 0. The van der Waals surface area contributed by atoms with Gasteiger partial charge in [0.15, 0.2) is 4.80 Å². The van der Waals surface area contributed by atoms with Crippen LogP contribution in [0.5, 0.6) is 0 Å². The predicted octanol–water partition coefficient (Wildman–Crippen LogP) is 4.19. The molecule has 0 saturated carbocycles. The molecule has 0 aliphatic heterocycles. The third-order valence-corrected chi connectivity index (χ3v) is 5.61. The molecule has 5 nitrogen and oxygen atoms in total. The Balaban J connectivity index is 1.96. The maximum absolute atomic E-state index is 12.6. The van der Waals surface area contributed by atoms with Crippen LogP contribution in [-0.2, 0) is 22.5 Å². The van der Waals surface area contributed by atoms with Crippen molar-refractivity contribution in [3.63, 3.8) is 0 Å². The zero-order valence-electron chi connectivity index (χ0n) is 16.6. The highest BCUT2D eigenvalue weighted by atomic mass is 32.1. The second-order valence-electron chi connectivity index (χ2n) is 6.64. The molecule has 0 bridgehead atoms. The number of hydrogen-bond acceptors (Lipinski definition) is 4. The van der Waals surface area contributed by atoms with E-state index in [2.05, 4.69) is 11.1 Å². The maximum atomic E-state index is 12.6. The number of fused-ring (bicyclic) bond motifs is 1. The number of rotatable bonds is 5. The molecule has 3 aromatic rings. The highest BCUT2D eigenvalue weighted by Gasteiger charge is 2.12. The zero-order valence-corrected chi connectivity index (χ0v) is 17.4. The average Bonchev–Trinajstić information content (AvgIpc) is 3.00.